The highest BCUT2D eigenvalue weighted by atomic mass is 32.2. The number of halogens is 1. The topological polar surface area (TPSA) is 103 Å². The summed E-state index contributed by atoms with van der Waals surface area (Å²) in [6, 6.07) is 14.9. The molecule has 172 valence electrons. The van der Waals surface area contributed by atoms with Gasteiger partial charge in [-0.25, -0.2) is 12.8 Å². The molecule has 4 rings (SSSR count). The van der Waals surface area contributed by atoms with E-state index >= 15 is 0 Å². The highest BCUT2D eigenvalue weighted by Crippen LogP contribution is 2.35. The summed E-state index contributed by atoms with van der Waals surface area (Å²) in [6.07, 6.45) is 0. The van der Waals surface area contributed by atoms with Crippen LogP contribution in [0.5, 0.6) is 17.2 Å². The van der Waals surface area contributed by atoms with Crippen LogP contribution in [0.2, 0.25) is 0 Å². The number of amides is 1. The Morgan fingerprint density at radius 3 is 2.70 bits per heavy atom. The van der Waals surface area contributed by atoms with Gasteiger partial charge in [-0.1, -0.05) is 12.1 Å². The van der Waals surface area contributed by atoms with Crippen molar-refractivity contribution in [2.75, 3.05) is 24.7 Å². The van der Waals surface area contributed by atoms with Crippen LogP contribution in [0.3, 0.4) is 0 Å². The maximum absolute atomic E-state index is 13.8. The molecule has 0 saturated carbocycles. The Labute approximate surface area is 190 Å². The van der Waals surface area contributed by atoms with Gasteiger partial charge in [0, 0.05) is 17.3 Å². The molecule has 0 atom stereocenters. The number of sulfonamides is 1. The molecule has 0 spiro atoms. The average molecular weight is 472 g/mol. The van der Waals surface area contributed by atoms with E-state index in [1.165, 1.54) is 24.3 Å². The van der Waals surface area contributed by atoms with Gasteiger partial charge in [-0.15, -0.1) is 0 Å². The van der Waals surface area contributed by atoms with Crippen LogP contribution in [0.4, 0.5) is 10.1 Å². The van der Waals surface area contributed by atoms with Gasteiger partial charge >= 0.3 is 0 Å². The third kappa shape index (κ3) is 5.35. The molecular formula is C23H21FN2O6S. The van der Waals surface area contributed by atoms with Gasteiger partial charge in [0.1, 0.15) is 18.2 Å². The van der Waals surface area contributed by atoms with Crippen molar-refractivity contribution in [3.63, 3.8) is 0 Å². The first-order valence-electron chi connectivity index (χ1n) is 10.0. The summed E-state index contributed by atoms with van der Waals surface area (Å²) in [5, 5.41) is 2.71. The van der Waals surface area contributed by atoms with Crippen molar-refractivity contribution in [1.29, 1.82) is 0 Å². The number of carbonyl (C=O) groups excluding carboxylic acids is 1. The molecule has 0 bridgehead atoms. The molecule has 0 saturated heterocycles. The summed E-state index contributed by atoms with van der Waals surface area (Å²) in [7, 11) is -4.01. The molecule has 0 aromatic heterocycles. The van der Waals surface area contributed by atoms with E-state index < -0.39 is 21.7 Å². The van der Waals surface area contributed by atoms with Crippen LogP contribution in [0.1, 0.15) is 15.9 Å². The van der Waals surface area contributed by atoms with Gasteiger partial charge < -0.3 is 19.5 Å². The molecule has 8 nitrogen and oxygen atoms in total. The van der Waals surface area contributed by atoms with Crippen molar-refractivity contribution in [2.24, 2.45) is 0 Å². The lowest BCUT2D eigenvalue weighted by Gasteiger charge is -2.11. The summed E-state index contributed by atoms with van der Waals surface area (Å²) in [4.78, 5) is 12.2. The van der Waals surface area contributed by atoms with Crippen molar-refractivity contribution >= 4 is 21.6 Å². The van der Waals surface area contributed by atoms with Gasteiger partial charge in [-0.3, -0.25) is 9.52 Å². The number of anilines is 1. The number of benzene rings is 3. The van der Waals surface area contributed by atoms with Crippen molar-refractivity contribution in [1.82, 2.24) is 5.32 Å². The molecule has 3 aromatic carbocycles. The van der Waals surface area contributed by atoms with Crippen LogP contribution >= 0.6 is 0 Å². The molecule has 0 aliphatic carbocycles. The molecule has 33 heavy (non-hydrogen) atoms. The molecule has 3 aromatic rings. The quantitative estimate of drug-likeness (QED) is 0.487. The van der Waals surface area contributed by atoms with Gasteiger partial charge in [0.25, 0.3) is 15.9 Å². The Bertz CT molecular complexity index is 1300. The van der Waals surface area contributed by atoms with Crippen molar-refractivity contribution < 1.29 is 31.8 Å². The zero-order valence-electron chi connectivity index (χ0n) is 17.6. The average Bonchev–Trinajstić information content (AvgIpc) is 3.26. The lowest BCUT2D eigenvalue weighted by atomic mass is 10.2. The van der Waals surface area contributed by atoms with Crippen LogP contribution in [0, 0.1) is 12.7 Å². The van der Waals surface area contributed by atoms with Crippen molar-refractivity contribution in [3.8, 4) is 17.2 Å². The Balaban J connectivity index is 1.33. The number of nitrogens with one attached hydrogen (secondary N) is 2. The van der Waals surface area contributed by atoms with E-state index in [2.05, 4.69) is 10.0 Å². The monoisotopic (exact) mass is 472 g/mol. The van der Waals surface area contributed by atoms with Crippen LogP contribution < -0.4 is 24.2 Å². The van der Waals surface area contributed by atoms with Crippen LogP contribution in [0.15, 0.2) is 65.6 Å². The largest absolute Gasteiger partial charge is 0.492 e. The second-order valence-electron chi connectivity index (χ2n) is 7.22. The number of hydrogen-bond donors (Lipinski definition) is 2. The van der Waals surface area contributed by atoms with E-state index in [9.17, 15) is 17.6 Å². The first-order chi connectivity index (χ1) is 15.8. The first kappa shape index (κ1) is 22.4. The highest BCUT2D eigenvalue weighted by Gasteiger charge is 2.17. The summed E-state index contributed by atoms with van der Waals surface area (Å²) in [6.45, 7) is 2.16. The Hall–Kier alpha value is -3.79. The number of ether oxygens (including phenoxy) is 3. The standard InChI is InChI=1S/C23H21FN2O6S/c1-15-5-7-19(13-20(15)24)33(28,29)26-17-4-2-3-16(11-17)23(27)25-9-10-30-18-6-8-21-22(12-18)32-14-31-21/h2-8,11-13,26H,9-10,14H2,1H3,(H,25,27). The smallest absolute Gasteiger partial charge is 0.261 e. The number of carbonyl (C=O) groups is 1. The van der Waals surface area contributed by atoms with Crippen LogP contribution in [0.25, 0.3) is 0 Å². The second-order valence-corrected chi connectivity index (χ2v) is 8.90. The molecule has 1 heterocycles. The Morgan fingerprint density at radius 1 is 1.06 bits per heavy atom. The Kier molecular flexibility index (Phi) is 6.36. The number of hydrogen-bond acceptors (Lipinski definition) is 6. The molecule has 0 radical (unpaired) electrons. The highest BCUT2D eigenvalue weighted by molar-refractivity contribution is 7.92. The zero-order chi connectivity index (χ0) is 23.4. The molecule has 1 aliphatic rings. The van der Waals surface area contributed by atoms with E-state index in [-0.39, 0.29) is 36.1 Å². The zero-order valence-corrected chi connectivity index (χ0v) is 18.4. The van der Waals surface area contributed by atoms with Gasteiger partial charge in [-0.05, 0) is 55.0 Å². The van der Waals surface area contributed by atoms with Crippen LogP contribution in [-0.4, -0.2) is 34.3 Å². The predicted molar refractivity (Wildman–Crippen MR) is 119 cm³/mol. The second kappa shape index (κ2) is 9.37. The third-order valence-electron chi connectivity index (χ3n) is 4.83. The van der Waals surface area contributed by atoms with E-state index in [1.807, 2.05) is 0 Å². The fourth-order valence-corrected chi connectivity index (χ4v) is 4.14. The molecule has 1 amide bonds. The fraction of sp³-hybridized carbons (Fsp3) is 0.174. The summed E-state index contributed by atoms with van der Waals surface area (Å²) in [5.41, 5.74) is 0.781. The van der Waals surface area contributed by atoms with Gasteiger partial charge in [0.05, 0.1) is 11.4 Å². The summed E-state index contributed by atoms with van der Waals surface area (Å²) >= 11 is 0. The predicted octanol–water partition coefficient (Wildman–Crippen LogP) is 3.47. The summed E-state index contributed by atoms with van der Waals surface area (Å²) in [5.74, 6) is 0.820. The maximum atomic E-state index is 13.8. The lowest BCUT2D eigenvalue weighted by molar-refractivity contribution is 0.0947. The van der Waals surface area contributed by atoms with E-state index in [1.54, 1.807) is 37.3 Å². The minimum Gasteiger partial charge on any atom is -0.492 e. The Morgan fingerprint density at radius 2 is 1.88 bits per heavy atom. The first-order valence-corrected chi connectivity index (χ1v) is 11.5. The molecule has 1 aliphatic heterocycles. The minimum atomic E-state index is -4.01. The van der Waals surface area contributed by atoms with Gasteiger partial charge in [-0.2, -0.15) is 0 Å². The van der Waals surface area contributed by atoms with Crippen molar-refractivity contribution in [3.05, 3.63) is 77.6 Å². The molecule has 10 heteroatoms. The fourth-order valence-electron chi connectivity index (χ4n) is 3.08. The van der Waals surface area contributed by atoms with E-state index in [0.717, 1.165) is 6.07 Å². The number of aryl methyl sites for hydroxylation is 1. The number of fused-ring (bicyclic) bond motifs is 1. The number of rotatable bonds is 8. The molecular weight excluding hydrogens is 451 g/mol. The van der Waals surface area contributed by atoms with Crippen LogP contribution in [-0.2, 0) is 10.0 Å². The summed E-state index contributed by atoms with van der Waals surface area (Å²) < 4.78 is 57.4. The molecule has 2 N–H and O–H groups in total. The molecule has 0 fully saturated rings. The minimum absolute atomic E-state index is 0.173. The molecule has 0 unspecified atom stereocenters. The van der Waals surface area contributed by atoms with E-state index in [4.69, 9.17) is 14.2 Å². The maximum Gasteiger partial charge on any atom is 0.261 e. The third-order valence-corrected chi connectivity index (χ3v) is 6.21. The van der Waals surface area contributed by atoms with Crippen molar-refractivity contribution in [2.45, 2.75) is 11.8 Å². The normalized spacial score (nSPS) is 12.3. The van der Waals surface area contributed by atoms with Gasteiger partial charge in [0.2, 0.25) is 6.79 Å². The van der Waals surface area contributed by atoms with Gasteiger partial charge in [0.15, 0.2) is 11.5 Å². The van der Waals surface area contributed by atoms with E-state index in [0.29, 0.717) is 22.8 Å². The lowest BCUT2D eigenvalue weighted by Crippen LogP contribution is -2.28. The SMILES string of the molecule is Cc1ccc(S(=O)(=O)Nc2cccc(C(=O)NCCOc3ccc4c(c3)OCO4)c2)cc1F.